The summed E-state index contributed by atoms with van der Waals surface area (Å²) in [7, 11) is 0. The van der Waals surface area contributed by atoms with E-state index in [4.69, 9.17) is 0 Å². The lowest BCUT2D eigenvalue weighted by atomic mass is 9.94. The van der Waals surface area contributed by atoms with E-state index in [0.29, 0.717) is 0 Å². The molecule has 1 heterocycles. The second kappa shape index (κ2) is 26.0. The van der Waals surface area contributed by atoms with Crippen LogP contribution in [0.3, 0.4) is 0 Å². The molecular formula is C69H69N. The predicted molar refractivity (Wildman–Crippen MR) is 305 cm³/mol. The SMILES string of the molecule is Cc1ccc(-c2ccccc2)c(C)c1.Cc1ccc(-c2ccccc2)c(C)c1C.Cc1ccc(-c2ccccc2)cc1C.Cc1cccc(-c2ccccc2)c1C.Cc1cccc(-c2ccccc2)n1. The summed E-state index contributed by atoms with van der Waals surface area (Å²) in [5, 5.41) is 0. The number of aromatic nitrogens is 1. The second-order valence-electron chi connectivity index (χ2n) is 18.0. The highest BCUT2D eigenvalue weighted by Gasteiger charge is 2.06. The van der Waals surface area contributed by atoms with Gasteiger partial charge in [-0.2, -0.15) is 0 Å². The average molecular weight is 912 g/mol. The Kier molecular flexibility index (Phi) is 19.2. The fourth-order valence-corrected chi connectivity index (χ4v) is 8.19. The molecule has 0 amide bonds. The van der Waals surface area contributed by atoms with E-state index in [2.05, 4.69) is 255 Å². The Morgan fingerprint density at radius 3 is 1.19 bits per heavy atom. The topological polar surface area (TPSA) is 12.9 Å². The summed E-state index contributed by atoms with van der Waals surface area (Å²) in [6, 6.07) is 82.4. The van der Waals surface area contributed by atoms with E-state index < -0.39 is 0 Å². The summed E-state index contributed by atoms with van der Waals surface area (Å²) < 4.78 is 0. The van der Waals surface area contributed by atoms with Crippen molar-refractivity contribution in [1.82, 2.24) is 4.98 Å². The Morgan fingerprint density at radius 2 is 0.671 bits per heavy atom. The third-order valence-corrected chi connectivity index (χ3v) is 12.9. The largest absolute Gasteiger partial charge is 0.253 e. The Labute approximate surface area is 420 Å². The molecule has 9 aromatic carbocycles. The highest BCUT2D eigenvalue weighted by atomic mass is 14.7. The van der Waals surface area contributed by atoms with Crippen LogP contribution in [0.1, 0.15) is 55.8 Å². The number of benzene rings is 9. The lowest BCUT2D eigenvalue weighted by Gasteiger charge is -2.11. The van der Waals surface area contributed by atoms with Crippen LogP contribution in [0.5, 0.6) is 0 Å². The fraction of sp³-hybridized carbons (Fsp3) is 0.145. The van der Waals surface area contributed by atoms with Gasteiger partial charge < -0.3 is 0 Å². The molecular weight excluding hydrogens is 843 g/mol. The smallest absolute Gasteiger partial charge is 0.0705 e. The van der Waals surface area contributed by atoms with Crippen molar-refractivity contribution in [3.63, 3.8) is 0 Å². The van der Waals surface area contributed by atoms with Gasteiger partial charge in [-0.25, -0.2) is 0 Å². The summed E-state index contributed by atoms with van der Waals surface area (Å²) in [4.78, 5) is 4.44. The zero-order valence-electron chi connectivity index (χ0n) is 43.0. The van der Waals surface area contributed by atoms with Crippen LogP contribution in [0.15, 0.2) is 237 Å². The predicted octanol–water partition coefficient (Wildman–Crippen LogP) is 19.2. The monoisotopic (exact) mass is 912 g/mol. The first-order valence-electron chi connectivity index (χ1n) is 24.4. The third-order valence-electron chi connectivity index (χ3n) is 12.9. The van der Waals surface area contributed by atoms with Gasteiger partial charge in [0.15, 0.2) is 0 Å². The van der Waals surface area contributed by atoms with Gasteiger partial charge in [-0.1, -0.05) is 230 Å². The summed E-state index contributed by atoms with van der Waals surface area (Å²) >= 11 is 0. The van der Waals surface area contributed by atoms with E-state index in [1.165, 1.54) is 100 Å². The van der Waals surface area contributed by atoms with Gasteiger partial charge in [0.05, 0.1) is 5.69 Å². The molecule has 0 saturated heterocycles. The Balaban J connectivity index is 0.000000144. The number of pyridine rings is 1. The summed E-state index contributed by atoms with van der Waals surface area (Å²) in [6.45, 7) is 21.5. The van der Waals surface area contributed by atoms with E-state index in [9.17, 15) is 0 Å². The first kappa shape index (κ1) is 51.5. The Bertz CT molecular complexity index is 3150. The number of aryl methyl sites for hydroxylation is 7. The van der Waals surface area contributed by atoms with E-state index >= 15 is 0 Å². The molecule has 0 aliphatic carbocycles. The van der Waals surface area contributed by atoms with Crippen molar-refractivity contribution in [3.05, 3.63) is 292 Å². The minimum Gasteiger partial charge on any atom is -0.253 e. The van der Waals surface area contributed by atoms with Gasteiger partial charge in [-0.3, -0.25) is 4.98 Å². The summed E-state index contributed by atoms with van der Waals surface area (Å²) in [5.41, 5.74) is 26.0. The maximum atomic E-state index is 4.44. The van der Waals surface area contributed by atoms with Crippen LogP contribution < -0.4 is 0 Å². The quantitative estimate of drug-likeness (QED) is 0.168. The van der Waals surface area contributed by atoms with Crippen molar-refractivity contribution >= 4 is 0 Å². The van der Waals surface area contributed by atoms with Crippen LogP contribution in [0.2, 0.25) is 0 Å². The van der Waals surface area contributed by atoms with Gasteiger partial charge in [-0.15, -0.1) is 0 Å². The number of nitrogens with zero attached hydrogens (tertiary/aromatic N) is 1. The van der Waals surface area contributed by atoms with Crippen molar-refractivity contribution < 1.29 is 0 Å². The second-order valence-corrected chi connectivity index (χ2v) is 18.0. The van der Waals surface area contributed by atoms with Crippen LogP contribution in [-0.2, 0) is 0 Å². The normalized spacial score (nSPS) is 10.1. The molecule has 1 nitrogen and oxygen atoms in total. The van der Waals surface area contributed by atoms with Crippen molar-refractivity contribution in [3.8, 4) is 55.8 Å². The number of hydrogen-bond donors (Lipinski definition) is 0. The molecule has 0 fully saturated rings. The maximum absolute atomic E-state index is 4.44. The van der Waals surface area contributed by atoms with Gasteiger partial charge in [0, 0.05) is 11.3 Å². The van der Waals surface area contributed by atoms with Crippen molar-refractivity contribution in [1.29, 1.82) is 0 Å². The standard InChI is InChI=1S/C15H16.3C14H14.C12H11N/c1-11-9-10-15(13(3)12(11)2)14-7-5-4-6-8-14;1-11-7-6-10-14(12(11)2)13-8-4-3-5-9-13;1-11-8-9-14(10-12(11)2)13-6-4-3-5-7-13;1-11-8-9-14(12(2)10-11)13-6-4-3-5-7-13;1-10-6-5-9-12(13-10)11-7-3-2-4-8-11/h4-10H,1-3H3;3*3-10H,1-2H3;2-9H,1H3. The van der Waals surface area contributed by atoms with Crippen molar-refractivity contribution in [2.45, 2.75) is 69.2 Å². The van der Waals surface area contributed by atoms with Crippen LogP contribution in [0.25, 0.3) is 55.8 Å². The molecule has 0 spiro atoms. The van der Waals surface area contributed by atoms with Gasteiger partial charge >= 0.3 is 0 Å². The summed E-state index contributed by atoms with van der Waals surface area (Å²) in [6.07, 6.45) is 0. The molecule has 0 atom stereocenters. The molecule has 0 unspecified atom stereocenters. The summed E-state index contributed by atoms with van der Waals surface area (Å²) in [5.74, 6) is 0. The molecule has 10 rings (SSSR count). The van der Waals surface area contributed by atoms with Crippen molar-refractivity contribution in [2.75, 3.05) is 0 Å². The molecule has 0 aliphatic rings. The van der Waals surface area contributed by atoms with Crippen LogP contribution in [0, 0.1) is 69.2 Å². The molecule has 10 aromatic rings. The highest BCUT2D eigenvalue weighted by Crippen LogP contribution is 2.28. The minimum absolute atomic E-state index is 1.04. The van der Waals surface area contributed by atoms with E-state index in [1.54, 1.807) is 0 Å². The van der Waals surface area contributed by atoms with E-state index in [-0.39, 0.29) is 0 Å². The first-order valence-corrected chi connectivity index (χ1v) is 24.4. The van der Waals surface area contributed by atoms with Gasteiger partial charge in [-0.05, 0) is 170 Å². The third kappa shape index (κ3) is 14.8. The number of rotatable bonds is 5. The molecule has 0 bridgehead atoms. The molecule has 0 radical (unpaired) electrons. The molecule has 0 N–H and O–H groups in total. The van der Waals surface area contributed by atoms with Gasteiger partial charge in [0.1, 0.15) is 0 Å². The van der Waals surface area contributed by atoms with E-state index in [1.807, 2.05) is 55.5 Å². The Morgan fingerprint density at radius 1 is 0.229 bits per heavy atom. The minimum atomic E-state index is 1.04. The molecule has 1 aromatic heterocycles. The average Bonchev–Trinajstić information content (AvgIpc) is 3.39. The highest BCUT2D eigenvalue weighted by molar-refractivity contribution is 5.70. The molecule has 350 valence electrons. The molecule has 0 saturated carbocycles. The molecule has 70 heavy (non-hydrogen) atoms. The maximum Gasteiger partial charge on any atom is 0.0705 e. The van der Waals surface area contributed by atoms with Gasteiger partial charge in [0.25, 0.3) is 0 Å². The lowest BCUT2D eigenvalue weighted by molar-refractivity contribution is 1.21. The van der Waals surface area contributed by atoms with Gasteiger partial charge in [0.2, 0.25) is 0 Å². The van der Waals surface area contributed by atoms with E-state index in [0.717, 1.165) is 11.4 Å². The zero-order chi connectivity index (χ0) is 49.8. The van der Waals surface area contributed by atoms with Crippen LogP contribution >= 0.6 is 0 Å². The lowest BCUT2D eigenvalue weighted by Crippen LogP contribution is -1.90. The van der Waals surface area contributed by atoms with Crippen LogP contribution in [-0.4, -0.2) is 4.98 Å². The number of hydrogen-bond acceptors (Lipinski definition) is 1. The first-order chi connectivity index (χ1) is 33.9. The zero-order valence-corrected chi connectivity index (χ0v) is 43.0. The molecule has 0 aliphatic heterocycles. The fourth-order valence-electron chi connectivity index (χ4n) is 8.19. The Hall–Kier alpha value is -7.87. The van der Waals surface area contributed by atoms with Crippen LogP contribution in [0.4, 0.5) is 0 Å². The van der Waals surface area contributed by atoms with Crippen molar-refractivity contribution in [2.24, 2.45) is 0 Å². The molecule has 1 heteroatoms.